The SMILES string of the molecule is CCOC(=O)/C=c1\s/c(=C/c2ccc(SC)cc2)c(=O)n1Cc1ccc(C(=O)OC)cc1. The first-order valence-corrected chi connectivity index (χ1v) is 11.9. The molecule has 3 rings (SSSR count). The van der Waals surface area contributed by atoms with Gasteiger partial charge in [0.15, 0.2) is 0 Å². The van der Waals surface area contributed by atoms with E-state index in [1.54, 1.807) is 43.0 Å². The van der Waals surface area contributed by atoms with Gasteiger partial charge in [0, 0.05) is 4.90 Å². The first kappa shape index (κ1) is 23.6. The number of esters is 2. The van der Waals surface area contributed by atoms with Crippen LogP contribution in [0.15, 0.2) is 58.2 Å². The number of methoxy groups -OCH3 is 1. The summed E-state index contributed by atoms with van der Waals surface area (Å²) in [6.07, 6.45) is 5.16. The Balaban J connectivity index is 2.04. The number of thiazole rings is 1. The van der Waals surface area contributed by atoms with Gasteiger partial charge in [0.05, 0.1) is 36.4 Å². The molecular formula is C24H23NO5S2. The normalized spacial score (nSPS) is 12.1. The molecule has 0 radical (unpaired) electrons. The van der Waals surface area contributed by atoms with Crippen molar-refractivity contribution in [3.63, 3.8) is 0 Å². The predicted octanol–water partition coefficient (Wildman–Crippen LogP) is 2.64. The predicted molar refractivity (Wildman–Crippen MR) is 128 cm³/mol. The zero-order valence-electron chi connectivity index (χ0n) is 18.0. The Labute approximate surface area is 193 Å². The van der Waals surface area contributed by atoms with Gasteiger partial charge in [0.25, 0.3) is 5.56 Å². The Morgan fingerprint density at radius 2 is 1.78 bits per heavy atom. The van der Waals surface area contributed by atoms with Crippen LogP contribution >= 0.6 is 23.1 Å². The lowest BCUT2D eigenvalue weighted by atomic mass is 10.1. The van der Waals surface area contributed by atoms with E-state index < -0.39 is 11.9 Å². The largest absolute Gasteiger partial charge is 0.465 e. The first-order valence-electron chi connectivity index (χ1n) is 9.86. The molecule has 8 heteroatoms. The number of carbonyl (C=O) groups excluding carboxylic acids is 2. The van der Waals surface area contributed by atoms with E-state index in [-0.39, 0.29) is 18.7 Å². The maximum atomic E-state index is 13.2. The van der Waals surface area contributed by atoms with Gasteiger partial charge in [-0.25, -0.2) is 9.59 Å². The second-order valence-corrected chi connectivity index (χ2v) is 8.64. The topological polar surface area (TPSA) is 74.6 Å². The Hall–Kier alpha value is -3.10. The van der Waals surface area contributed by atoms with Crippen molar-refractivity contribution in [1.82, 2.24) is 4.57 Å². The van der Waals surface area contributed by atoms with Crippen molar-refractivity contribution in [2.75, 3.05) is 20.0 Å². The van der Waals surface area contributed by atoms with Crippen LogP contribution in [0.2, 0.25) is 0 Å². The Morgan fingerprint density at radius 3 is 2.38 bits per heavy atom. The number of nitrogens with zero attached hydrogens (tertiary/aromatic N) is 1. The average Bonchev–Trinajstić information content (AvgIpc) is 3.08. The van der Waals surface area contributed by atoms with Gasteiger partial charge in [-0.15, -0.1) is 23.1 Å². The summed E-state index contributed by atoms with van der Waals surface area (Å²) in [6.45, 7) is 2.23. The van der Waals surface area contributed by atoms with Crippen molar-refractivity contribution in [1.29, 1.82) is 0 Å². The van der Waals surface area contributed by atoms with Gasteiger partial charge in [-0.3, -0.25) is 9.36 Å². The van der Waals surface area contributed by atoms with Crippen molar-refractivity contribution < 1.29 is 19.1 Å². The molecule has 6 nitrogen and oxygen atoms in total. The number of thioether (sulfide) groups is 1. The monoisotopic (exact) mass is 469 g/mol. The minimum Gasteiger partial charge on any atom is -0.465 e. The summed E-state index contributed by atoms with van der Waals surface area (Å²) in [7, 11) is 1.32. The van der Waals surface area contributed by atoms with Crippen LogP contribution in [0.25, 0.3) is 12.2 Å². The fourth-order valence-electron chi connectivity index (χ4n) is 2.98. The lowest BCUT2D eigenvalue weighted by Gasteiger charge is -2.04. The van der Waals surface area contributed by atoms with Crippen LogP contribution in [-0.2, 0) is 20.8 Å². The summed E-state index contributed by atoms with van der Waals surface area (Å²) in [4.78, 5) is 38.0. The number of aromatic nitrogens is 1. The third-order valence-corrected chi connectivity index (χ3v) is 6.40. The van der Waals surface area contributed by atoms with Gasteiger partial charge in [0.1, 0.15) is 4.66 Å². The number of carbonyl (C=O) groups is 2. The zero-order chi connectivity index (χ0) is 23.1. The van der Waals surface area contributed by atoms with E-state index in [4.69, 9.17) is 9.47 Å². The molecule has 0 amide bonds. The fraction of sp³-hybridized carbons (Fsp3) is 0.208. The van der Waals surface area contributed by atoms with E-state index in [2.05, 4.69) is 0 Å². The summed E-state index contributed by atoms with van der Waals surface area (Å²) in [6, 6.07) is 14.7. The molecule has 0 saturated heterocycles. The molecule has 0 fully saturated rings. The van der Waals surface area contributed by atoms with Crippen molar-refractivity contribution in [3.05, 3.63) is 84.8 Å². The van der Waals surface area contributed by atoms with Gasteiger partial charge in [-0.1, -0.05) is 24.3 Å². The smallest absolute Gasteiger partial charge is 0.337 e. The number of ether oxygens (including phenoxy) is 2. The van der Waals surface area contributed by atoms with Crippen LogP contribution in [0.4, 0.5) is 0 Å². The van der Waals surface area contributed by atoms with E-state index in [1.807, 2.05) is 36.6 Å². The van der Waals surface area contributed by atoms with Gasteiger partial charge in [0.2, 0.25) is 0 Å². The van der Waals surface area contributed by atoms with Crippen LogP contribution in [-0.4, -0.2) is 36.5 Å². The highest BCUT2D eigenvalue weighted by atomic mass is 32.2. The molecule has 0 spiro atoms. The molecule has 166 valence electrons. The maximum absolute atomic E-state index is 13.2. The van der Waals surface area contributed by atoms with Crippen LogP contribution in [0, 0.1) is 0 Å². The number of hydrogen-bond donors (Lipinski definition) is 0. The summed E-state index contributed by atoms with van der Waals surface area (Å²) < 4.78 is 12.3. The third kappa shape index (κ3) is 5.77. The maximum Gasteiger partial charge on any atom is 0.337 e. The highest BCUT2D eigenvalue weighted by Gasteiger charge is 2.10. The second-order valence-electron chi connectivity index (χ2n) is 6.70. The molecular weight excluding hydrogens is 446 g/mol. The molecule has 3 aromatic rings. The minimum absolute atomic E-state index is 0.198. The Morgan fingerprint density at radius 1 is 1.09 bits per heavy atom. The van der Waals surface area contributed by atoms with E-state index in [9.17, 15) is 14.4 Å². The molecule has 0 aliphatic rings. The van der Waals surface area contributed by atoms with Crippen LogP contribution < -0.4 is 14.8 Å². The lowest BCUT2D eigenvalue weighted by Crippen LogP contribution is -2.32. The summed E-state index contributed by atoms with van der Waals surface area (Å²) in [5, 5.41) is 0. The van der Waals surface area contributed by atoms with Crippen molar-refractivity contribution in [2.45, 2.75) is 18.4 Å². The van der Waals surface area contributed by atoms with Gasteiger partial charge in [-0.2, -0.15) is 0 Å². The fourth-order valence-corrected chi connectivity index (χ4v) is 4.41. The van der Waals surface area contributed by atoms with Crippen molar-refractivity contribution in [2.24, 2.45) is 0 Å². The molecule has 2 aromatic carbocycles. The molecule has 0 atom stereocenters. The highest BCUT2D eigenvalue weighted by molar-refractivity contribution is 7.98. The molecule has 0 unspecified atom stereocenters. The Kier molecular flexibility index (Phi) is 8.08. The van der Waals surface area contributed by atoms with E-state index in [0.29, 0.717) is 14.8 Å². The zero-order valence-corrected chi connectivity index (χ0v) is 19.6. The van der Waals surface area contributed by atoms with E-state index >= 15 is 0 Å². The highest BCUT2D eigenvalue weighted by Crippen LogP contribution is 2.15. The van der Waals surface area contributed by atoms with E-state index in [0.717, 1.165) is 16.0 Å². The van der Waals surface area contributed by atoms with Crippen LogP contribution in [0.3, 0.4) is 0 Å². The molecule has 32 heavy (non-hydrogen) atoms. The standard InChI is InChI=1S/C24H23NO5S2/c1-4-30-22(26)14-21-25(15-17-5-9-18(10-6-17)24(28)29-2)23(27)20(32-21)13-16-7-11-19(31-3)12-8-16/h5-14H,4,15H2,1-3H3/b20-13+,21-14-. The Bertz CT molecular complexity index is 1270. The van der Waals surface area contributed by atoms with Crippen LogP contribution in [0.1, 0.15) is 28.4 Å². The summed E-state index contributed by atoms with van der Waals surface area (Å²) in [5.74, 6) is -0.927. The molecule has 0 aliphatic carbocycles. The van der Waals surface area contributed by atoms with Crippen molar-refractivity contribution >= 4 is 47.2 Å². The van der Waals surface area contributed by atoms with Crippen molar-refractivity contribution in [3.8, 4) is 0 Å². The summed E-state index contributed by atoms with van der Waals surface area (Å²) in [5.41, 5.74) is 1.94. The molecule has 0 saturated carbocycles. The molecule has 1 aromatic heterocycles. The average molecular weight is 470 g/mol. The molecule has 0 aliphatic heterocycles. The van der Waals surface area contributed by atoms with Gasteiger partial charge >= 0.3 is 11.9 Å². The minimum atomic E-state index is -0.501. The molecule has 0 bridgehead atoms. The second kappa shape index (κ2) is 11.0. The quantitative estimate of drug-likeness (QED) is 0.391. The molecule has 0 N–H and O–H groups in total. The number of hydrogen-bond acceptors (Lipinski definition) is 7. The van der Waals surface area contributed by atoms with Gasteiger partial charge in [-0.05, 0) is 54.6 Å². The van der Waals surface area contributed by atoms with Gasteiger partial charge < -0.3 is 9.47 Å². The first-order chi connectivity index (χ1) is 15.4. The third-order valence-electron chi connectivity index (χ3n) is 4.59. The number of benzene rings is 2. The van der Waals surface area contributed by atoms with E-state index in [1.165, 1.54) is 29.1 Å². The lowest BCUT2D eigenvalue weighted by molar-refractivity contribution is -0.135. The van der Waals surface area contributed by atoms with Crippen LogP contribution in [0.5, 0.6) is 0 Å². The molecule has 1 heterocycles. The number of rotatable bonds is 7. The summed E-state index contributed by atoms with van der Waals surface area (Å²) >= 11 is 2.88.